The van der Waals surface area contributed by atoms with Gasteiger partial charge in [0, 0.05) is 0 Å². The minimum Gasteiger partial charge on any atom is -0.478 e. The van der Waals surface area contributed by atoms with Crippen molar-refractivity contribution >= 4 is 18.1 Å². The van der Waals surface area contributed by atoms with Gasteiger partial charge in [-0.05, 0) is 29.3 Å². The Hall–Kier alpha value is -2.86. The van der Waals surface area contributed by atoms with Gasteiger partial charge in [-0.15, -0.1) is 0 Å². The highest BCUT2D eigenvalue weighted by Gasteiger charge is 2.05. The van der Waals surface area contributed by atoms with Gasteiger partial charge in [-0.3, -0.25) is 0 Å². The van der Waals surface area contributed by atoms with Gasteiger partial charge < -0.3 is 5.11 Å². The number of aromatic carboxylic acids is 1. The van der Waals surface area contributed by atoms with E-state index in [1.165, 1.54) is 0 Å². The highest BCUT2D eigenvalue weighted by Crippen LogP contribution is 2.13. The minimum absolute atomic E-state index is 0.271. The van der Waals surface area contributed by atoms with E-state index < -0.39 is 5.97 Å². The van der Waals surface area contributed by atoms with E-state index >= 15 is 0 Å². The van der Waals surface area contributed by atoms with Crippen molar-refractivity contribution in [3.05, 3.63) is 70.8 Å². The fourth-order valence-electron chi connectivity index (χ4n) is 1.69. The first-order chi connectivity index (χ1) is 9.20. The van der Waals surface area contributed by atoms with Crippen molar-refractivity contribution in [1.29, 1.82) is 5.26 Å². The lowest BCUT2D eigenvalue weighted by Crippen LogP contribution is -1.98. The van der Waals surface area contributed by atoms with E-state index in [4.69, 9.17) is 10.4 Å². The molecule has 0 saturated heterocycles. The van der Waals surface area contributed by atoms with E-state index in [1.54, 1.807) is 42.5 Å². The van der Waals surface area contributed by atoms with Gasteiger partial charge in [0.1, 0.15) is 0 Å². The number of hydrogen-bond acceptors (Lipinski definition) is 2. The van der Waals surface area contributed by atoms with E-state index in [-0.39, 0.29) is 5.56 Å². The Kier molecular flexibility index (Phi) is 3.75. The van der Waals surface area contributed by atoms with Crippen LogP contribution in [0.4, 0.5) is 0 Å². The van der Waals surface area contributed by atoms with Gasteiger partial charge in [0.25, 0.3) is 0 Å². The van der Waals surface area contributed by atoms with Crippen LogP contribution in [0.2, 0.25) is 0 Å². The number of carbonyl (C=O) groups is 1. The average Bonchev–Trinajstić information content (AvgIpc) is 2.46. The van der Waals surface area contributed by atoms with E-state index in [2.05, 4.69) is 6.07 Å². The van der Waals surface area contributed by atoms with E-state index in [0.717, 1.165) is 5.56 Å². The van der Waals surface area contributed by atoms with Crippen LogP contribution in [0, 0.1) is 11.3 Å². The summed E-state index contributed by atoms with van der Waals surface area (Å²) in [5.41, 5.74) is 2.44. The second-order valence-electron chi connectivity index (χ2n) is 3.96. The zero-order chi connectivity index (χ0) is 13.7. The molecule has 0 saturated carbocycles. The van der Waals surface area contributed by atoms with Crippen molar-refractivity contribution in [1.82, 2.24) is 0 Å². The SMILES string of the molecule is N#Cc1ccc(C=Cc2ccccc2C(=O)O)cc1. The third-order valence-corrected chi connectivity index (χ3v) is 2.69. The molecule has 2 rings (SSSR count). The molecule has 0 fully saturated rings. The Bertz CT molecular complexity index is 664. The van der Waals surface area contributed by atoms with Gasteiger partial charge in [-0.2, -0.15) is 5.26 Å². The standard InChI is InChI=1S/C16H11NO2/c17-11-13-7-5-12(6-8-13)9-10-14-3-1-2-4-15(14)16(18)19/h1-10H,(H,18,19). The van der Waals surface area contributed by atoms with Gasteiger partial charge in [0.2, 0.25) is 0 Å². The van der Waals surface area contributed by atoms with Crippen molar-refractivity contribution < 1.29 is 9.90 Å². The third-order valence-electron chi connectivity index (χ3n) is 2.69. The Morgan fingerprint density at radius 3 is 2.37 bits per heavy atom. The lowest BCUT2D eigenvalue weighted by atomic mass is 10.1. The van der Waals surface area contributed by atoms with Crippen LogP contribution in [0.15, 0.2) is 48.5 Å². The van der Waals surface area contributed by atoms with Crippen LogP contribution >= 0.6 is 0 Å². The summed E-state index contributed by atoms with van der Waals surface area (Å²) < 4.78 is 0. The third kappa shape index (κ3) is 3.08. The molecule has 2 aromatic carbocycles. The zero-order valence-electron chi connectivity index (χ0n) is 10.1. The quantitative estimate of drug-likeness (QED) is 0.848. The minimum atomic E-state index is -0.944. The van der Waals surface area contributed by atoms with Crippen molar-refractivity contribution in [3.8, 4) is 6.07 Å². The Morgan fingerprint density at radius 2 is 1.74 bits per heavy atom. The van der Waals surface area contributed by atoms with Gasteiger partial charge >= 0.3 is 5.97 Å². The number of nitrogens with zero attached hydrogens (tertiary/aromatic N) is 1. The van der Waals surface area contributed by atoms with Crippen molar-refractivity contribution in [3.63, 3.8) is 0 Å². The van der Waals surface area contributed by atoms with E-state index in [9.17, 15) is 4.79 Å². The normalized spacial score (nSPS) is 10.3. The number of carboxylic acids is 1. The number of hydrogen-bond donors (Lipinski definition) is 1. The highest BCUT2D eigenvalue weighted by atomic mass is 16.4. The van der Waals surface area contributed by atoms with E-state index in [1.807, 2.05) is 18.2 Å². The molecule has 2 aromatic rings. The van der Waals surface area contributed by atoms with Gasteiger partial charge in [-0.1, -0.05) is 42.5 Å². The first kappa shape index (κ1) is 12.6. The van der Waals surface area contributed by atoms with Crippen LogP contribution < -0.4 is 0 Å². The first-order valence-corrected chi connectivity index (χ1v) is 5.71. The van der Waals surface area contributed by atoms with Crippen LogP contribution in [0.5, 0.6) is 0 Å². The molecular formula is C16H11NO2. The molecule has 0 atom stereocenters. The molecule has 0 radical (unpaired) electrons. The second-order valence-corrected chi connectivity index (χ2v) is 3.96. The molecule has 3 nitrogen and oxygen atoms in total. The van der Waals surface area contributed by atoms with Crippen LogP contribution in [0.3, 0.4) is 0 Å². The first-order valence-electron chi connectivity index (χ1n) is 5.71. The van der Waals surface area contributed by atoms with Crippen LogP contribution in [0.1, 0.15) is 27.0 Å². The predicted molar refractivity (Wildman–Crippen MR) is 73.5 cm³/mol. The number of nitriles is 1. The average molecular weight is 249 g/mol. The summed E-state index contributed by atoms with van der Waals surface area (Å²) in [5, 5.41) is 17.8. The molecule has 0 amide bonds. The van der Waals surface area contributed by atoms with Crippen LogP contribution in [0.25, 0.3) is 12.2 Å². The largest absolute Gasteiger partial charge is 0.478 e. The van der Waals surface area contributed by atoms with Crippen LogP contribution in [-0.4, -0.2) is 11.1 Å². The molecule has 0 unspecified atom stereocenters. The molecule has 0 aliphatic heterocycles. The summed E-state index contributed by atoms with van der Waals surface area (Å²) in [7, 11) is 0. The molecule has 0 aliphatic carbocycles. The maximum absolute atomic E-state index is 11.0. The van der Waals surface area contributed by atoms with Gasteiger partial charge in [0.15, 0.2) is 0 Å². The van der Waals surface area contributed by atoms with Gasteiger partial charge in [-0.25, -0.2) is 4.79 Å². The molecule has 3 heteroatoms. The molecular weight excluding hydrogens is 238 g/mol. The fourth-order valence-corrected chi connectivity index (χ4v) is 1.69. The lowest BCUT2D eigenvalue weighted by Gasteiger charge is -2.00. The summed E-state index contributed by atoms with van der Waals surface area (Å²) >= 11 is 0. The number of carboxylic acid groups (broad SMARTS) is 1. The molecule has 0 aromatic heterocycles. The maximum Gasteiger partial charge on any atom is 0.336 e. The summed E-state index contributed by atoms with van der Waals surface area (Å²) in [5.74, 6) is -0.944. The molecule has 19 heavy (non-hydrogen) atoms. The summed E-state index contributed by atoms with van der Waals surface area (Å²) in [6, 6.07) is 16.0. The zero-order valence-corrected chi connectivity index (χ0v) is 10.1. The molecule has 0 spiro atoms. The Morgan fingerprint density at radius 1 is 1.05 bits per heavy atom. The highest BCUT2D eigenvalue weighted by molar-refractivity contribution is 5.93. The number of rotatable bonds is 3. The Balaban J connectivity index is 2.27. The summed E-state index contributed by atoms with van der Waals surface area (Å²) in [6.07, 6.45) is 3.58. The lowest BCUT2D eigenvalue weighted by molar-refractivity contribution is 0.0696. The molecule has 0 aliphatic rings. The van der Waals surface area contributed by atoms with Gasteiger partial charge in [0.05, 0.1) is 17.2 Å². The van der Waals surface area contributed by atoms with E-state index in [0.29, 0.717) is 11.1 Å². The van der Waals surface area contributed by atoms with Crippen molar-refractivity contribution in [2.45, 2.75) is 0 Å². The number of benzene rings is 2. The summed E-state index contributed by atoms with van der Waals surface area (Å²) in [4.78, 5) is 11.0. The van der Waals surface area contributed by atoms with Crippen molar-refractivity contribution in [2.24, 2.45) is 0 Å². The smallest absolute Gasteiger partial charge is 0.336 e. The molecule has 0 heterocycles. The Labute approximate surface area is 111 Å². The second kappa shape index (κ2) is 5.65. The monoisotopic (exact) mass is 249 g/mol. The maximum atomic E-state index is 11.0. The molecule has 0 bridgehead atoms. The van der Waals surface area contributed by atoms with Crippen LogP contribution in [-0.2, 0) is 0 Å². The fraction of sp³-hybridized carbons (Fsp3) is 0. The molecule has 92 valence electrons. The topological polar surface area (TPSA) is 61.1 Å². The predicted octanol–water partition coefficient (Wildman–Crippen LogP) is 3.43. The summed E-state index contributed by atoms with van der Waals surface area (Å²) in [6.45, 7) is 0. The van der Waals surface area contributed by atoms with Crippen molar-refractivity contribution in [2.75, 3.05) is 0 Å². The molecule has 1 N–H and O–H groups in total.